The van der Waals surface area contributed by atoms with Gasteiger partial charge in [-0.05, 0) is 53.6 Å². The van der Waals surface area contributed by atoms with Crippen LogP contribution in [0.15, 0.2) is 36.4 Å². The number of hydrogen-bond acceptors (Lipinski definition) is 7. The molecule has 1 aliphatic rings. The fourth-order valence-corrected chi connectivity index (χ4v) is 3.66. The minimum Gasteiger partial charge on any atom is -0.493 e. The Morgan fingerprint density at radius 2 is 1.71 bits per heavy atom. The predicted molar refractivity (Wildman–Crippen MR) is 112 cm³/mol. The molecular formula is C23H20O8. The van der Waals surface area contributed by atoms with Gasteiger partial charge in [-0.3, -0.25) is 0 Å². The smallest absolute Gasteiger partial charge is 0.339 e. The SMILES string of the molecule is CCOC(=O)c1c(C(=O)O)cc2cc(OC)c(OC)cc2c1-c1ccc2c(c1)OCO2. The highest BCUT2D eigenvalue weighted by Crippen LogP contribution is 2.43. The first-order valence-electron chi connectivity index (χ1n) is 9.51. The summed E-state index contributed by atoms with van der Waals surface area (Å²) in [6.45, 7) is 1.85. The van der Waals surface area contributed by atoms with Gasteiger partial charge in [0.2, 0.25) is 6.79 Å². The first-order chi connectivity index (χ1) is 15.0. The normalized spacial score (nSPS) is 12.0. The van der Waals surface area contributed by atoms with Crippen LogP contribution in [-0.4, -0.2) is 44.7 Å². The number of aromatic carboxylic acids is 1. The van der Waals surface area contributed by atoms with Gasteiger partial charge in [-0.25, -0.2) is 9.59 Å². The fourth-order valence-electron chi connectivity index (χ4n) is 3.66. The molecule has 1 aliphatic heterocycles. The van der Waals surface area contributed by atoms with Crippen LogP contribution in [0.4, 0.5) is 0 Å². The molecule has 1 N–H and O–H groups in total. The molecule has 0 saturated heterocycles. The van der Waals surface area contributed by atoms with E-state index in [2.05, 4.69) is 0 Å². The number of carbonyl (C=O) groups is 2. The molecule has 0 amide bonds. The van der Waals surface area contributed by atoms with E-state index in [1.807, 2.05) is 0 Å². The standard InChI is InChI=1S/C23H20O8/c1-4-29-23(26)21-15(22(24)25)7-13-9-17(27-2)18(28-3)10-14(13)20(21)12-5-6-16-19(8-12)31-11-30-16/h5-10H,4,11H2,1-3H3,(H,24,25). The molecule has 31 heavy (non-hydrogen) atoms. The lowest BCUT2D eigenvalue weighted by Crippen LogP contribution is -2.14. The van der Waals surface area contributed by atoms with Crippen molar-refractivity contribution >= 4 is 22.7 Å². The lowest BCUT2D eigenvalue weighted by molar-refractivity contribution is 0.0515. The lowest BCUT2D eigenvalue weighted by atomic mass is 9.89. The first-order valence-corrected chi connectivity index (χ1v) is 9.51. The van der Waals surface area contributed by atoms with Crippen molar-refractivity contribution in [1.29, 1.82) is 0 Å². The van der Waals surface area contributed by atoms with Crippen molar-refractivity contribution in [3.63, 3.8) is 0 Å². The molecule has 0 aliphatic carbocycles. The second-order valence-electron chi connectivity index (χ2n) is 6.70. The van der Waals surface area contributed by atoms with Gasteiger partial charge in [0.25, 0.3) is 0 Å². The van der Waals surface area contributed by atoms with E-state index in [-0.39, 0.29) is 24.5 Å². The van der Waals surface area contributed by atoms with Crippen LogP contribution in [-0.2, 0) is 4.74 Å². The first kappa shape index (κ1) is 20.3. The molecule has 0 saturated carbocycles. The Morgan fingerprint density at radius 1 is 1.00 bits per heavy atom. The monoisotopic (exact) mass is 424 g/mol. The number of carboxylic acids is 1. The fraction of sp³-hybridized carbons (Fsp3) is 0.217. The van der Waals surface area contributed by atoms with Crippen molar-refractivity contribution in [3.8, 4) is 34.1 Å². The minimum atomic E-state index is -1.25. The van der Waals surface area contributed by atoms with E-state index in [1.165, 1.54) is 20.3 Å². The number of methoxy groups -OCH3 is 2. The van der Waals surface area contributed by atoms with Gasteiger partial charge in [0.1, 0.15) is 0 Å². The molecule has 160 valence electrons. The maximum atomic E-state index is 12.9. The van der Waals surface area contributed by atoms with Gasteiger partial charge in [-0.1, -0.05) is 6.07 Å². The predicted octanol–water partition coefficient (Wildman–Crippen LogP) is 4.13. The molecule has 0 bridgehead atoms. The van der Waals surface area contributed by atoms with Crippen molar-refractivity contribution in [2.45, 2.75) is 6.92 Å². The van der Waals surface area contributed by atoms with E-state index in [4.69, 9.17) is 23.7 Å². The molecule has 0 spiro atoms. The van der Waals surface area contributed by atoms with E-state index < -0.39 is 11.9 Å². The second-order valence-corrected chi connectivity index (χ2v) is 6.70. The third-order valence-corrected chi connectivity index (χ3v) is 5.02. The number of carbonyl (C=O) groups excluding carboxylic acids is 1. The molecule has 8 nitrogen and oxygen atoms in total. The van der Waals surface area contributed by atoms with E-state index in [0.29, 0.717) is 44.9 Å². The molecule has 4 rings (SSSR count). The molecule has 8 heteroatoms. The van der Waals surface area contributed by atoms with Crippen LogP contribution in [0.3, 0.4) is 0 Å². The van der Waals surface area contributed by atoms with Crippen molar-refractivity contribution in [3.05, 3.63) is 47.5 Å². The molecule has 3 aromatic carbocycles. The third-order valence-electron chi connectivity index (χ3n) is 5.02. The summed E-state index contributed by atoms with van der Waals surface area (Å²) in [4.78, 5) is 25.0. The highest BCUT2D eigenvalue weighted by Gasteiger charge is 2.27. The summed E-state index contributed by atoms with van der Waals surface area (Å²) in [5.74, 6) is -0.0336. The van der Waals surface area contributed by atoms with E-state index >= 15 is 0 Å². The van der Waals surface area contributed by atoms with Gasteiger partial charge in [-0.15, -0.1) is 0 Å². The Labute approximate surface area is 177 Å². The number of carboxylic acid groups (broad SMARTS) is 1. The molecule has 0 radical (unpaired) electrons. The van der Waals surface area contributed by atoms with Crippen molar-refractivity contribution in [2.75, 3.05) is 27.6 Å². The summed E-state index contributed by atoms with van der Waals surface area (Å²) in [7, 11) is 3.00. The number of ether oxygens (including phenoxy) is 5. The summed E-state index contributed by atoms with van der Waals surface area (Å²) < 4.78 is 26.9. The topological polar surface area (TPSA) is 101 Å². The molecule has 0 atom stereocenters. The number of benzene rings is 3. The van der Waals surface area contributed by atoms with Gasteiger partial charge in [-0.2, -0.15) is 0 Å². The Hall–Kier alpha value is -3.94. The summed E-state index contributed by atoms with van der Waals surface area (Å²) in [6.07, 6.45) is 0. The zero-order valence-corrected chi connectivity index (χ0v) is 17.2. The van der Waals surface area contributed by atoms with E-state index in [9.17, 15) is 14.7 Å². The largest absolute Gasteiger partial charge is 0.493 e. The minimum absolute atomic E-state index is 0.0482. The summed E-state index contributed by atoms with van der Waals surface area (Å²) in [6, 6.07) is 9.99. The number of fused-ring (bicyclic) bond motifs is 2. The Balaban J connectivity index is 2.13. The van der Waals surface area contributed by atoms with Crippen LogP contribution in [0.2, 0.25) is 0 Å². The van der Waals surface area contributed by atoms with Crippen LogP contribution < -0.4 is 18.9 Å². The maximum absolute atomic E-state index is 12.9. The Bertz CT molecular complexity index is 1200. The van der Waals surface area contributed by atoms with Crippen molar-refractivity contribution in [1.82, 2.24) is 0 Å². The second kappa shape index (κ2) is 8.06. The van der Waals surface area contributed by atoms with Crippen molar-refractivity contribution in [2.24, 2.45) is 0 Å². The van der Waals surface area contributed by atoms with E-state index in [1.54, 1.807) is 37.3 Å². The van der Waals surface area contributed by atoms with E-state index in [0.717, 1.165) is 0 Å². The van der Waals surface area contributed by atoms with Crippen LogP contribution in [0.1, 0.15) is 27.6 Å². The summed E-state index contributed by atoms with van der Waals surface area (Å²) >= 11 is 0. The number of esters is 1. The van der Waals surface area contributed by atoms with Gasteiger partial charge in [0, 0.05) is 5.56 Å². The molecule has 0 aromatic heterocycles. The zero-order valence-electron chi connectivity index (χ0n) is 17.2. The number of rotatable bonds is 6. The Morgan fingerprint density at radius 3 is 2.39 bits per heavy atom. The highest BCUT2D eigenvalue weighted by molar-refractivity contribution is 6.15. The molecule has 1 heterocycles. The van der Waals surface area contributed by atoms with Crippen LogP contribution in [0, 0.1) is 0 Å². The lowest BCUT2D eigenvalue weighted by Gasteiger charge is -2.18. The quantitative estimate of drug-likeness (QED) is 0.590. The van der Waals surface area contributed by atoms with Crippen LogP contribution in [0.5, 0.6) is 23.0 Å². The van der Waals surface area contributed by atoms with Gasteiger partial charge < -0.3 is 28.8 Å². The number of hydrogen-bond donors (Lipinski definition) is 1. The summed E-state index contributed by atoms with van der Waals surface area (Å²) in [5, 5.41) is 11.1. The Kier molecular flexibility index (Phi) is 5.29. The van der Waals surface area contributed by atoms with Crippen LogP contribution in [0.25, 0.3) is 21.9 Å². The van der Waals surface area contributed by atoms with Crippen LogP contribution >= 0.6 is 0 Å². The van der Waals surface area contributed by atoms with Gasteiger partial charge in [0.15, 0.2) is 23.0 Å². The zero-order chi connectivity index (χ0) is 22.1. The average Bonchev–Trinajstić information content (AvgIpc) is 3.24. The van der Waals surface area contributed by atoms with Crippen molar-refractivity contribution < 1.29 is 38.4 Å². The molecular weight excluding hydrogens is 404 g/mol. The average molecular weight is 424 g/mol. The molecule has 0 fully saturated rings. The van der Waals surface area contributed by atoms with Gasteiger partial charge >= 0.3 is 11.9 Å². The molecule has 0 unspecified atom stereocenters. The molecule has 3 aromatic rings. The van der Waals surface area contributed by atoms with Gasteiger partial charge in [0.05, 0.1) is 32.0 Å². The third kappa shape index (κ3) is 3.46. The maximum Gasteiger partial charge on any atom is 0.339 e. The highest BCUT2D eigenvalue weighted by atomic mass is 16.7. The summed E-state index contributed by atoms with van der Waals surface area (Å²) in [5.41, 5.74) is 0.749.